The molecule has 0 N–H and O–H groups in total. The van der Waals surface area contributed by atoms with Gasteiger partial charge in [0, 0.05) is 12.6 Å². The summed E-state index contributed by atoms with van der Waals surface area (Å²) in [6, 6.07) is 0.259. The maximum absolute atomic E-state index is 12.3. The molecule has 104 valence electrons. The van der Waals surface area contributed by atoms with Gasteiger partial charge in [-0.3, -0.25) is 4.79 Å². The third-order valence-corrected chi connectivity index (χ3v) is 4.20. The highest BCUT2D eigenvalue weighted by Crippen LogP contribution is 2.22. The predicted molar refractivity (Wildman–Crippen MR) is 72.4 cm³/mol. The van der Waals surface area contributed by atoms with E-state index in [4.69, 9.17) is 4.74 Å². The molecule has 1 amide bonds. The molecule has 0 saturated carbocycles. The maximum atomic E-state index is 12.3. The second-order valence-electron chi connectivity index (χ2n) is 4.59. The SMILES string of the molecule is CCOC(=O)c1ncc(C(=O)N2CCCCC2C)s1. The van der Waals surface area contributed by atoms with Gasteiger partial charge < -0.3 is 9.64 Å². The zero-order valence-corrected chi connectivity index (χ0v) is 12.0. The Bertz CT molecular complexity index is 472. The highest BCUT2D eigenvalue weighted by Gasteiger charge is 2.26. The molecule has 0 bridgehead atoms. The summed E-state index contributed by atoms with van der Waals surface area (Å²) >= 11 is 1.11. The van der Waals surface area contributed by atoms with Crippen LogP contribution in [0.4, 0.5) is 0 Å². The molecule has 1 aliphatic rings. The van der Waals surface area contributed by atoms with Crippen molar-refractivity contribution in [2.75, 3.05) is 13.2 Å². The summed E-state index contributed by atoms with van der Waals surface area (Å²) in [6.45, 7) is 4.90. The van der Waals surface area contributed by atoms with Crippen molar-refractivity contribution >= 4 is 23.2 Å². The summed E-state index contributed by atoms with van der Waals surface area (Å²) in [7, 11) is 0. The zero-order chi connectivity index (χ0) is 13.8. The Kier molecular flexibility index (Phi) is 4.52. The lowest BCUT2D eigenvalue weighted by atomic mass is 10.0. The number of rotatable bonds is 3. The molecule has 6 heteroatoms. The number of hydrogen-bond donors (Lipinski definition) is 0. The fourth-order valence-electron chi connectivity index (χ4n) is 2.20. The van der Waals surface area contributed by atoms with E-state index in [2.05, 4.69) is 11.9 Å². The summed E-state index contributed by atoms with van der Waals surface area (Å²) in [5.41, 5.74) is 0. The molecule has 1 aromatic rings. The summed E-state index contributed by atoms with van der Waals surface area (Å²) in [5.74, 6) is -0.488. The van der Waals surface area contributed by atoms with Crippen LogP contribution in [0.2, 0.25) is 0 Å². The second-order valence-corrected chi connectivity index (χ2v) is 5.62. The molecule has 1 saturated heterocycles. The van der Waals surface area contributed by atoms with Gasteiger partial charge in [-0.05, 0) is 33.1 Å². The molecule has 1 aromatic heterocycles. The van der Waals surface area contributed by atoms with E-state index in [1.807, 2.05) is 4.90 Å². The van der Waals surface area contributed by atoms with Crippen LogP contribution in [-0.2, 0) is 4.74 Å². The molecule has 2 heterocycles. The Hall–Kier alpha value is -1.43. The van der Waals surface area contributed by atoms with Crippen LogP contribution < -0.4 is 0 Å². The monoisotopic (exact) mass is 282 g/mol. The van der Waals surface area contributed by atoms with Crippen molar-refractivity contribution in [3.05, 3.63) is 16.1 Å². The normalized spacial score (nSPS) is 19.3. The van der Waals surface area contributed by atoms with Gasteiger partial charge in [-0.15, -0.1) is 11.3 Å². The summed E-state index contributed by atoms with van der Waals surface area (Å²) in [5, 5.41) is 0.245. The van der Waals surface area contributed by atoms with Crippen molar-refractivity contribution in [1.29, 1.82) is 0 Å². The number of likely N-dealkylation sites (tertiary alicyclic amines) is 1. The molecule has 1 atom stereocenters. The van der Waals surface area contributed by atoms with Crippen molar-refractivity contribution < 1.29 is 14.3 Å². The predicted octanol–water partition coefficient (Wildman–Crippen LogP) is 2.33. The maximum Gasteiger partial charge on any atom is 0.367 e. The van der Waals surface area contributed by atoms with Crippen LogP contribution in [0.15, 0.2) is 6.20 Å². The van der Waals surface area contributed by atoms with E-state index < -0.39 is 5.97 Å². The molecule has 0 radical (unpaired) electrons. The Morgan fingerprint density at radius 1 is 1.53 bits per heavy atom. The van der Waals surface area contributed by atoms with Crippen LogP contribution in [0.1, 0.15) is 52.6 Å². The molecule has 1 fully saturated rings. The number of amides is 1. The van der Waals surface area contributed by atoms with Gasteiger partial charge in [0.1, 0.15) is 4.88 Å². The number of carbonyl (C=O) groups is 2. The number of hydrogen-bond acceptors (Lipinski definition) is 5. The van der Waals surface area contributed by atoms with Gasteiger partial charge >= 0.3 is 5.97 Å². The number of nitrogens with zero attached hydrogens (tertiary/aromatic N) is 2. The van der Waals surface area contributed by atoms with Crippen LogP contribution >= 0.6 is 11.3 Å². The van der Waals surface area contributed by atoms with Gasteiger partial charge in [-0.2, -0.15) is 0 Å². The Morgan fingerprint density at radius 2 is 2.32 bits per heavy atom. The van der Waals surface area contributed by atoms with Gasteiger partial charge in [-0.1, -0.05) is 0 Å². The third-order valence-electron chi connectivity index (χ3n) is 3.23. The minimum absolute atomic E-state index is 0.0275. The van der Waals surface area contributed by atoms with Crippen molar-refractivity contribution in [3.8, 4) is 0 Å². The Balaban J connectivity index is 2.09. The molecule has 2 rings (SSSR count). The standard InChI is InChI=1S/C13H18N2O3S/c1-3-18-13(17)11-14-8-10(19-11)12(16)15-7-5-4-6-9(15)2/h8-9H,3-7H2,1-2H3. The van der Waals surface area contributed by atoms with Gasteiger partial charge in [0.25, 0.3) is 5.91 Å². The lowest BCUT2D eigenvalue weighted by molar-refractivity contribution is 0.0525. The minimum Gasteiger partial charge on any atom is -0.461 e. The number of carbonyl (C=O) groups excluding carboxylic acids is 2. The molecular formula is C13H18N2O3S. The smallest absolute Gasteiger partial charge is 0.367 e. The van der Waals surface area contributed by atoms with Crippen molar-refractivity contribution in [2.24, 2.45) is 0 Å². The van der Waals surface area contributed by atoms with E-state index in [0.717, 1.165) is 30.7 Å². The highest BCUT2D eigenvalue weighted by molar-refractivity contribution is 7.15. The van der Waals surface area contributed by atoms with E-state index in [1.54, 1.807) is 6.92 Å². The molecular weight excluding hydrogens is 264 g/mol. The lowest BCUT2D eigenvalue weighted by Crippen LogP contribution is -2.41. The molecule has 19 heavy (non-hydrogen) atoms. The first kappa shape index (κ1) is 14.0. The van der Waals surface area contributed by atoms with E-state index >= 15 is 0 Å². The first-order chi connectivity index (χ1) is 9.13. The number of piperidine rings is 1. The summed E-state index contributed by atoms with van der Waals surface area (Å²) in [4.78, 5) is 30.2. The average Bonchev–Trinajstić information content (AvgIpc) is 2.88. The number of ether oxygens (including phenoxy) is 1. The number of esters is 1. The molecule has 0 aromatic carbocycles. The van der Waals surface area contributed by atoms with E-state index in [1.165, 1.54) is 12.6 Å². The van der Waals surface area contributed by atoms with Gasteiger partial charge in [0.05, 0.1) is 12.8 Å². The molecule has 0 spiro atoms. The topological polar surface area (TPSA) is 59.5 Å². The third kappa shape index (κ3) is 3.12. The average molecular weight is 282 g/mol. The number of thiazole rings is 1. The lowest BCUT2D eigenvalue weighted by Gasteiger charge is -2.32. The van der Waals surface area contributed by atoms with Gasteiger partial charge in [0.15, 0.2) is 0 Å². The van der Waals surface area contributed by atoms with Crippen LogP contribution in [0, 0.1) is 0 Å². The van der Waals surface area contributed by atoms with Crippen molar-refractivity contribution in [1.82, 2.24) is 9.88 Å². The number of aromatic nitrogens is 1. The van der Waals surface area contributed by atoms with Crippen LogP contribution in [-0.4, -0.2) is 41.0 Å². The van der Waals surface area contributed by atoms with Gasteiger partial charge in [-0.25, -0.2) is 9.78 Å². The minimum atomic E-state index is -0.460. The van der Waals surface area contributed by atoms with Crippen LogP contribution in [0.5, 0.6) is 0 Å². The van der Waals surface area contributed by atoms with E-state index in [-0.39, 0.29) is 17.0 Å². The van der Waals surface area contributed by atoms with Crippen molar-refractivity contribution in [3.63, 3.8) is 0 Å². The Morgan fingerprint density at radius 3 is 3.00 bits per heavy atom. The van der Waals surface area contributed by atoms with E-state index in [0.29, 0.717) is 11.5 Å². The van der Waals surface area contributed by atoms with Crippen LogP contribution in [0.3, 0.4) is 0 Å². The molecule has 1 unspecified atom stereocenters. The fourth-order valence-corrected chi connectivity index (χ4v) is 2.97. The first-order valence-corrected chi connectivity index (χ1v) is 7.39. The Labute approximate surface area is 116 Å². The molecule has 1 aliphatic heterocycles. The zero-order valence-electron chi connectivity index (χ0n) is 11.2. The van der Waals surface area contributed by atoms with Gasteiger partial charge in [0.2, 0.25) is 5.01 Å². The quantitative estimate of drug-likeness (QED) is 0.798. The molecule has 5 nitrogen and oxygen atoms in total. The largest absolute Gasteiger partial charge is 0.461 e. The molecule has 0 aliphatic carbocycles. The van der Waals surface area contributed by atoms with Crippen molar-refractivity contribution in [2.45, 2.75) is 39.2 Å². The summed E-state index contributed by atoms with van der Waals surface area (Å²) in [6.07, 6.45) is 4.72. The first-order valence-electron chi connectivity index (χ1n) is 6.57. The second kappa shape index (κ2) is 6.14. The fraction of sp³-hybridized carbons (Fsp3) is 0.615. The summed E-state index contributed by atoms with van der Waals surface area (Å²) < 4.78 is 4.87. The van der Waals surface area contributed by atoms with E-state index in [9.17, 15) is 9.59 Å². The van der Waals surface area contributed by atoms with Crippen LogP contribution in [0.25, 0.3) is 0 Å². The highest BCUT2D eigenvalue weighted by atomic mass is 32.1.